The van der Waals surface area contributed by atoms with Crippen molar-refractivity contribution in [3.05, 3.63) is 65.5 Å². The predicted molar refractivity (Wildman–Crippen MR) is 102 cm³/mol. The Bertz CT molecular complexity index is 928. The van der Waals surface area contributed by atoms with Gasteiger partial charge in [-0.25, -0.2) is 0 Å². The van der Waals surface area contributed by atoms with Crippen LogP contribution in [-0.2, 0) is 11.2 Å². The van der Waals surface area contributed by atoms with Gasteiger partial charge in [-0.2, -0.15) is 4.98 Å². The second-order valence-corrected chi connectivity index (χ2v) is 6.41. The lowest BCUT2D eigenvalue weighted by Gasteiger charge is -2.05. The summed E-state index contributed by atoms with van der Waals surface area (Å²) in [5, 5.41) is 6.80. The largest absolute Gasteiger partial charge is 0.339 e. The van der Waals surface area contributed by atoms with Crippen molar-refractivity contribution in [1.29, 1.82) is 0 Å². The van der Waals surface area contributed by atoms with E-state index in [1.807, 2.05) is 31.2 Å². The third-order valence-electron chi connectivity index (χ3n) is 4.15. The van der Waals surface area contributed by atoms with Crippen LogP contribution in [0.5, 0.6) is 0 Å². The van der Waals surface area contributed by atoms with E-state index in [1.54, 1.807) is 24.3 Å². The molecule has 0 atom stereocenters. The van der Waals surface area contributed by atoms with E-state index in [0.29, 0.717) is 42.2 Å². The zero-order chi connectivity index (χ0) is 19.2. The fourth-order valence-corrected chi connectivity index (χ4v) is 2.59. The van der Waals surface area contributed by atoms with Crippen LogP contribution in [0.25, 0.3) is 11.4 Å². The summed E-state index contributed by atoms with van der Waals surface area (Å²) in [6, 6.07) is 14.7. The molecule has 3 rings (SSSR count). The molecule has 138 valence electrons. The van der Waals surface area contributed by atoms with E-state index in [9.17, 15) is 9.59 Å². The van der Waals surface area contributed by atoms with Crippen LogP contribution in [0.15, 0.2) is 53.1 Å². The molecule has 0 bridgehead atoms. The van der Waals surface area contributed by atoms with E-state index in [-0.39, 0.29) is 11.7 Å². The van der Waals surface area contributed by atoms with Crippen LogP contribution >= 0.6 is 0 Å². The fourth-order valence-electron chi connectivity index (χ4n) is 2.59. The summed E-state index contributed by atoms with van der Waals surface area (Å²) >= 11 is 0. The lowest BCUT2D eigenvalue weighted by molar-refractivity contribution is -0.116. The van der Waals surface area contributed by atoms with Crippen LogP contribution in [0.3, 0.4) is 0 Å². The summed E-state index contributed by atoms with van der Waals surface area (Å²) in [6.07, 6.45) is 1.49. The summed E-state index contributed by atoms with van der Waals surface area (Å²) in [5.74, 6) is 0.977. The first kappa shape index (κ1) is 18.5. The molecule has 0 saturated heterocycles. The maximum Gasteiger partial charge on any atom is 0.226 e. The van der Waals surface area contributed by atoms with Gasteiger partial charge in [-0.1, -0.05) is 35.0 Å². The third kappa shape index (κ3) is 5.10. The van der Waals surface area contributed by atoms with E-state index < -0.39 is 0 Å². The van der Waals surface area contributed by atoms with Gasteiger partial charge in [0.1, 0.15) is 0 Å². The minimum absolute atomic E-state index is 0.00237. The Morgan fingerprint density at radius 1 is 1.04 bits per heavy atom. The van der Waals surface area contributed by atoms with Crippen molar-refractivity contribution in [3.8, 4) is 11.4 Å². The Morgan fingerprint density at radius 2 is 1.74 bits per heavy atom. The zero-order valence-corrected chi connectivity index (χ0v) is 15.4. The van der Waals surface area contributed by atoms with Gasteiger partial charge in [-0.05, 0) is 44.5 Å². The second-order valence-electron chi connectivity index (χ2n) is 6.41. The van der Waals surface area contributed by atoms with Gasteiger partial charge in [-0.15, -0.1) is 0 Å². The van der Waals surface area contributed by atoms with E-state index in [1.165, 1.54) is 12.5 Å². The molecule has 6 heteroatoms. The van der Waals surface area contributed by atoms with Crippen molar-refractivity contribution in [3.63, 3.8) is 0 Å². The highest BCUT2D eigenvalue weighted by Crippen LogP contribution is 2.17. The molecule has 0 aliphatic carbocycles. The van der Waals surface area contributed by atoms with Crippen molar-refractivity contribution in [2.75, 3.05) is 5.32 Å². The molecule has 0 unspecified atom stereocenters. The number of ketones is 1. The molecule has 3 aromatic rings. The average molecular weight is 363 g/mol. The first-order valence-electron chi connectivity index (χ1n) is 8.82. The highest BCUT2D eigenvalue weighted by molar-refractivity contribution is 5.95. The maximum atomic E-state index is 12.0. The second kappa shape index (κ2) is 8.40. The Hall–Kier alpha value is -3.28. The number of carbonyl (C=O) groups excluding carboxylic acids is 2. The van der Waals surface area contributed by atoms with Gasteiger partial charge in [0.15, 0.2) is 5.78 Å². The number of benzene rings is 2. The third-order valence-corrected chi connectivity index (χ3v) is 4.15. The van der Waals surface area contributed by atoms with Gasteiger partial charge in [-0.3, -0.25) is 9.59 Å². The van der Waals surface area contributed by atoms with Crippen LogP contribution in [0.4, 0.5) is 5.69 Å². The van der Waals surface area contributed by atoms with Crippen molar-refractivity contribution >= 4 is 17.4 Å². The summed E-state index contributed by atoms with van der Waals surface area (Å²) in [5.41, 5.74) is 3.37. The molecule has 1 amide bonds. The lowest BCUT2D eigenvalue weighted by atomic mass is 10.1. The number of carbonyl (C=O) groups is 2. The number of aromatic nitrogens is 2. The molecule has 0 saturated carbocycles. The fraction of sp³-hybridized carbons (Fsp3) is 0.238. The number of nitrogens with one attached hydrogen (secondary N) is 1. The molecule has 1 aromatic heterocycles. The zero-order valence-electron chi connectivity index (χ0n) is 15.4. The number of amides is 1. The SMILES string of the molecule is CC(=O)c1ccc(NC(=O)CCCc2nc(-c3ccc(C)cc3)no2)cc1. The molecule has 1 heterocycles. The molecular weight excluding hydrogens is 342 g/mol. The van der Waals surface area contributed by atoms with Crippen LogP contribution in [0.2, 0.25) is 0 Å². The van der Waals surface area contributed by atoms with E-state index in [0.717, 1.165) is 5.56 Å². The standard InChI is InChI=1S/C21H21N3O3/c1-14-6-8-17(9-7-14)21-23-20(27-24-21)5-3-4-19(26)22-18-12-10-16(11-13-18)15(2)25/h6-13H,3-5H2,1-2H3,(H,22,26). The Kier molecular flexibility index (Phi) is 5.76. The quantitative estimate of drug-likeness (QED) is 0.636. The smallest absolute Gasteiger partial charge is 0.226 e. The predicted octanol–water partition coefficient (Wildman–Crippen LogP) is 4.21. The molecular formula is C21H21N3O3. The van der Waals surface area contributed by atoms with Crippen molar-refractivity contribution in [2.45, 2.75) is 33.1 Å². The molecule has 0 aliphatic rings. The van der Waals surface area contributed by atoms with Crippen LogP contribution in [0.1, 0.15) is 41.6 Å². The molecule has 2 aromatic carbocycles. The van der Waals surface area contributed by atoms with Crippen molar-refractivity contribution in [1.82, 2.24) is 10.1 Å². The van der Waals surface area contributed by atoms with E-state index in [2.05, 4.69) is 15.5 Å². The first-order valence-corrected chi connectivity index (χ1v) is 8.82. The number of rotatable bonds is 7. The number of anilines is 1. The number of hydrogen-bond acceptors (Lipinski definition) is 5. The van der Waals surface area contributed by atoms with Gasteiger partial charge in [0, 0.05) is 29.7 Å². The van der Waals surface area contributed by atoms with Crippen LogP contribution in [0, 0.1) is 6.92 Å². The average Bonchev–Trinajstić information content (AvgIpc) is 3.11. The highest BCUT2D eigenvalue weighted by atomic mass is 16.5. The number of aryl methyl sites for hydroxylation is 2. The van der Waals surface area contributed by atoms with Crippen molar-refractivity contribution in [2.24, 2.45) is 0 Å². The molecule has 0 fully saturated rings. The highest BCUT2D eigenvalue weighted by Gasteiger charge is 2.10. The monoisotopic (exact) mass is 363 g/mol. The minimum atomic E-state index is -0.0937. The van der Waals surface area contributed by atoms with Crippen LogP contribution in [-0.4, -0.2) is 21.8 Å². The van der Waals surface area contributed by atoms with Gasteiger partial charge < -0.3 is 9.84 Å². The summed E-state index contributed by atoms with van der Waals surface area (Å²) in [4.78, 5) is 27.7. The van der Waals surface area contributed by atoms with E-state index >= 15 is 0 Å². The topological polar surface area (TPSA) is 85.1 Å². The number of nitrogens with zero attached hydrogens (tertiary/aromatic N) is 2. The summed E-state index contributed by atoms with van der Waals surface area (Å²) in [7, 11) is 0. The van der Waals surface area contributed by atoms with Gasteiger partial charge in [0.2, 0.25) is 17.6 Å². The molecule has 0 aliphatic heterocycles. The number of Topliss-reactive ketones (excluding diaryl/α,β-unsaturated/α-hetero) is 1. The van der Waals surface area contributed by atoms with Gasteiger partial charge in [0.05, 0.1) is 0 Å². The van der Waals surface area contributed by atoms with Crippen molar-refractivity contribution < 1.29 is 14.1 Å². The van der Waals surface area contributed by atoms with E-state index in [4.69, 9.17) is 4.52 Å². The summed E-state index contributed by atoms with van der Waals surface area (Å²) in [6.45, 7) is 3.53. The Balaban J connectivity index is 1.47. The molecule has 27 heavy (non-hydrogen) atoms. The molecule has 0 radical (unpaired) electrons. The lowest BCUT2D eigenvalue weighted by Crippen LogP contribution is -2.11. The first-order chi connectivity index (χ1) is 13.0. The Morgan fingerprint density at radius 3 is 2.41 bits per heavy atom. The maximum absolute atomic E-state index is 12.0. The molecule has 0 spiro atoms. The Labute approximate surface area is 157 Å². The minimum Gasteiger partial charge on any atom is -0.339 e. The number of hydrogen-bond donors (Lipinski definition) is 1. The molecule has 6 nitrogen and oxygen atoms in total. The van der Waals surface area contributed by atoms with Crippen LogP contribution < -0.4 is 5.32 Å². The normalized spacial score (nSPS) is 10.6. The molecule has 1 N–H and O–H groups in total. The van der Waals surface area contributed by atoms with Gasteiger partial charge >= 0.3 is 0 Å². The summed E-state index contributed by atoms with van der Waals surface area (Å²) < 4.78 is 5.26. The van der Waals surface area contributed by atoms with Gasteiger partial charge in [0.25, 0.3) is 0 Å².